The second-order valence-corrected chi connectivity index (χ2v) is 5.51. The summed E-state index contributed by atoms with van der Waals surface area (Å²) in [7, 11) is 0. The number of nitrogens with one attached hydrogen (secondary N) is 1. The Bertz CT molecular complexity index is 373. The topological polar surface area (TPSA) is 30.5 Å². The van der Waals surface area contributed by atoms with Crippen LogP contribution in [0.2, 0.25) is 0 Å². The van der Waals surface area contributed by atoms with E-state index < -0.39 is 0 Å². The fraction of sp³-hybridized carbons (Fsp3) is 0.647. The number of hydrogen-bond donors (Lipinski definition) is 1. The second kappa shape index (κ2) is 8.28. The van der Waals surface area contributed by atoms with Crippen molar-refractivity contribution in [2.24, 2.45) is 5.92 Å². The van der Waals surface area contributed by atoms with E-state index in [1.54, 1.807) is 0 Å². The van der Waals surface area contributed by atoms with E-state index in [1.807, 2.05) is 0 Å². The van der Waals surface area contributed by atoms with Crippen molar-refractivity contribution in [3.8, 4) is 5.75 Å². The summed E-state index contributed by atoms with van der Waals surface area (Å²) in [6.07, 6.45) is 3.72. The lowest BCUT2D eigenvalue weighted by molar-refractivity contribution is 0.103. The van der Waals surface area contributed by atoms with Crippen LogP contribution >= 0.6 is 0 Å². The lowest BCUT2D eigenvalue weighted by atomic mass is 10.1. The molecule has 0 saturated heterocycles. The van der Waals surface area contributed by atoms with Crippen molar-refractivity contribution in [2.45, 2.75) is 39.2 Å². The number of likely N-dealkylation sites (N-methyl/N-ethyl adjacent to an activating group) is 1. The number of hydrogen-bond acceptors (Lipinski definition) is 3. The van der Waals surface area contributed by atoms with E-state index in [0.29, 0.717) is 0 Å². The first kappa shape index (κ1) is 15.3. The zero-order valence-electron chi connectivity index (χ0n) is 12.7. The van der Waals surface area contributed by atoms with Gasteiger partial charge in [0.05, 0.1) is 19.3 Å². The minimum atomic E-state index is 0.277. The Hall–Kier alpha value is -1.06. The maximum atomic E-state index is 5.83. The summed E-state index contributed by atoms with van der Waals surface area (Å²) < 4.78 is 11.4. The van der Waals surface area contributed by atoms with Crippen LogP contribution in [0.1, 0.15) is 44.7 Å². The molecule has 2 rings (SSSR count). The molecule has 1 aromatic carbocycles. The Labute approximate surface area is 122 Å². The van der Waals surface area contributed by atoms with E-state index in [0.717, 1.165) is 44.5 Å². The summed E-state index contributed by atoms with van der Waals surface area (Å²) in [5.41, 5.74) is 1.27. The molecular weight excluding hydrogens is 250 g/mol. The van der Waals surface area contributed by atoms with Gasteiger partial charge in [0.25, 0.3) is 0 Å². The van der Waals surface area contributed by atoms with Crippen LogP contribution in [0.4, 0.5) is 0 Å². The Morgan fingerprint density at radius 3 is 2.55 bits per heavy atom. The monoisotopic (exact) mass is 277 g/mol. The molecule has 0 bridgehead atoms. The molecule has 0 aliphatic heterocycles. The van der Waals surface area contributed by atoms with E-state index in [1.165, 1.54) is 18.4 Å². The van der Waals surface area contributed by atoms with Gasteiger partial charge < -0.3 is 14.8 Å². The zero-order chi connectivity index (χ0) is 14.2. The molecule has 1 aliphatic carbocycles. The number of benzene rings is 1. The molecule has 3 nitrogen and oxygen atoms in total. The predicted molar refractivity (Wildman–Crippen MR) is 82.2 cm³/mol. The Kier molecular flexibility index (Phi) is 6.34. The second-order valence-electron chi connectivity index (χ2n) is 5.51. The summed E-state index contributed by atoms with van der Waals surface area (Å²) in [6, 6.07) is 8.66. The average molecular weight is 277 g/mol. The summed E-state index contributed by atoms with van der Waals surface area (Å²) in [5, 5.41) is 3.49. The van der Waals surface area contributed by atoms with Gasteiger partial charge in [-0.1, -0.05) is 26.0 Å². The van der Waals surface area contributed by atoms with E-state index >= 15 is 0 Å². The third-order valence-corrected chi connectivity index (χ3v) is 3.54. The van der Waals surface area contributed by atoms with Gasteiger partial charge in [-0.2, -0.15) is 0 Å². The third kappa shape index (κ3) is 5.14. The van der Waals surface area contributed by atoms with E-state index in [-0.39, 0.29) is 6.04 Å². The van der Waals surface area contributed by atoms with Crippen LogP contribution in [0.25, 0.3) is 0 Å². The van der Waals surface area contributed by atoms with Gasteiger partial charge in [0, 0.05) is 6.61 Å². The van der Waals surface area contributed by atoms with Crippen molar-refractivity contribution >= 4 is 0 Å². The quantitative estimate of drug-likeness (QED) is 0.709. The highest BCUT2D eigenvalue weighted by molar-refractivity contribution is 5.29. The van der Waals surface area contributed by atoms with Gasteiger partial charge in [-0.25, -0.2) is 0 Å². The van der Waals surface area contributed by atoms with E-state index in [9.17, 15) is 0 Å². The van der Waals surface area contributed by atoms with Crippen LogP contribution < -0.4 is 10.1 Å². The van der Waals surface area contributed by atoms with Gasteiger partial charge >= 0.3 is 0 Å². The van der Waals surface area contributed by atoms with E-state index in [4.69, 9.17) is 9.47 Å². The zero-order valence-corrected chi connectivity index (χ0v) is 12.7. The molecule has 1 saturated carbocycles. The van der Waals surface area contributed by atoms with Crippen molar-refractivity contribution < 1.29 is 9.47 Å². The largest absolute Gasteiger partial charge is 0.494 e. The highest BCUT2D eigenvalue weighted by Gasteiger charge is 2.22. The normalized spacial score (nSPS) is 16.1. The molecule has 0 radical (unpaired) electrons. The van der Waals surface area contributed by atoms with Crippen molar-refractivity contribution in [3.05, 3.63) is 29.8 Å². The molecule has 1 N–H and O–H groups in total. The predicted octanol–water partition coefficient (Wildman–Crippen LogP) is 3.55. The molecule has 1 aromatic rings. The lowest BCUT2D eigenvalue weighted by Gasteiger charge is -2.19. The summed E-state index contributed by atoms with van der Waals surface area (Å²) in [4.78, 5) is 0. The van der Waals surface area contributed by atoms with Crippen molar-refractivity contribution in [3.63, 3.8) is 0 Å². The summed E-state index contributed by atoms with van der Waals surface area (Å²) in [5.74, 6) is 1.77. The Morgan fingerprint density at radius 2 is 1.95 bits per heavy atom. The SMILES string of the molecule is CCCOc1ccc(C(COCC2CC2)NCC)cc1. The molecule has 1 fully saturated rings. The van der Waals surface area contributed by atoms with Crippen LogP contribution in [-0.2, 0) is 4.74 Å². The van der Waals surface area contributed by atoms with Gasteiger partial charge in [0.2, 0.25) is 0 Å². The van der Waals surface area contributed by atoms with Crippen molar-refractivity contribution in [1.29, 1.82) is 0 Å². The summed E-state index contributed by atoms with van der Waals surface area (Å²) in [6.45, 7) is 7.64. The Morgan fingerprint density at radius 1 is 1.20 bits per heavy atom. The first-order valence-electron chi connectivity index (χ1n) is 7.87. The maximum absolute atomic E-state index is 5.83. The molecule has 20 heavy (non-hydrogen) atoms. The highest BCUT2D eigenvalue weighted by Crippen LogP contribution is 2.29. The van der Waals surface area contributed by atoms with Crippen molar-refractivity contribution in [2.75, 3.05) is 26.4 Å². The van der Waals surface area contributed by atoms with Crippen LogP contribution in [-0.4, -0.2) is 26.4 Å². The summed E-state index contributed by atoms with van der Waals surface area (Å²) >= 11 is 0. The smallest absolute Gasteiger partial charge is 0.119 e. The molecule has 1 unspecified atom stereocenters. The average Bonchev–Trinajstić information content (AvgIpc) is 3.29. The first-order valence-corrected chi connectivity index (χ1v) is 7.87. The van der Waals surface area contributed by atoms with Crippen molar-refractivity contribution in [1.82, 2.24) is 5.32 Å². The molecule has 0 aromatic heterocycles. The van der Waals surface area contributed by atoms with Gasteiger partial charge in [0.1, 0.15) is 5.75 Å². The lowest BCUT2D eigenvalue weighted by Crippen LogP contribution is -2.25. The fourth-order valence-electron chi connectivity index (χ4n) is 2.17. The van der Waals surface area contributed by atoms with Gasteiger partial charge in [0.15, 0.2) is 0 Å². The molecule has 1 aliphatic rings. The molecule has 1 atom stereocenters. The van der Waals surface area contributed by atoms with Crippen LogP contribution in [0.5, 0.6) is 5.75 Å². The van der Waals surface area contributed by atoms with Gasteiger partial charge in [-0.05, 0) is 49.4 Å². The molecule has 112 valence electrons. The Balaban J connectivity index is 1.85. The highest BCUT2D eigenvalue weighted by atomic mass is 16.5. The molecular formula is C17H27NO2. The minimum absolute atomic E-state index is 0.277. The maximum Gasteiger partial charge on any atom is 0.119 e. The molecule has 0 heterocycles. The number of rotatable bonds is 10. The standard InChI is InChI=1S/C17H27NO2/c1-3-11-20-16-9-7-15(8-10-16)17(18-4-2)13-19-12-14-5-6-14/h7-10,14,17-18H,3-6,11-13H2,1-2H3. The molecule has 3 heteroatoms. The minimum Gasteiger partial charge on any atom is -0.494 e. The van der Waals surface area contributed by atoms with Crippen LogP contribution in [0.3, 0.4) is 0 Å². The molecule has 0 amide bonds. The first-order chi connectivity index (χ1) is 9.83. The van der Waals surface area contributed by atoms with Gasteiger partial charge in [-0.3, -0.25) is 0 Å². The van der Waals surface area contributed by atoms with Crippen LogP contribution in [0.15, 0.2) is 24.3 Å². The third-order valence-electron chi connectivity index (χ3n) is 3.54. The fourth-order valence-corrected chi connectivity index (χ4v) is 2.17. The molecule has 0 spiro atoms. The van der Waals surface area contributed by atoms with E-state index in [2.05, 4.69) is 43.4 Å². The van der Waals surface area contributed by atoms with Gasteiger partial charge in [-0.15, -0.1) is 0 Å². The van der Waals surface area contributed by atoms with Crippen LogP contribution in [0, 0.1) is 5.92 Å². The number of ether oxygens (including phenoxy) is 2.